The van der Waals surface area contributed by atoms with Crippen LogP contribution in [0.4, 0.5) is 5.69 Å². The Morgan fingerprint density at radius 2 is 2.22 bits per heavy atom. The Kier molecular flexibility index (Phi) is 2.62. The third-order valence-corrected chi connectivity index (χ3v) is 3.84. The molecule has 1 heterocycles. The number of nitrogens with zero attached hydrogens (tertiary/aromatic N) is 2. The lowest BCUT2D eigenvalue weighted by atomic mass is 10.1. The molecular weight excluding hydrogens is 222 g/mol. The van der Waals surface area contributed by atoms with Crippen molar-refractivity contribution < 1.29 is 0 Å². The lowest BCUT2D eigenvalue weighted by molar-refractivity contribution is 0.545. The molecule has 94 valence electrons. The van der Waals surface area contributed by atoms with Crippen LogP contribution in [0, 0.1) is 0 Å². The molecule has 1 aromatic heterocycles. The molecule has 2 N–H and O–H groups in total. The summed E-state index contributed by atoms with van der Waals surface area (Å²) in [6.45, 7) is 4.43. The Morgan fingerprint density at radius 1 is 1.39 bits per heavy atom. The van der Waals surface area contributed by atoms with Crippen molar-refractivity contribution in [2.24, 2.45) is 0 Å². The molecule has 1 unspecified atom stereocenters. The lowest BCUT2D eigenvalue weighted by Gasteiger charge is -2.18. The molecule has 2 aromatic rings. The summed E-state index contributed by atoms with van der Waals surface area (Å²) >= 11 is 0. The summed E-state index contributed by atoms with van der Waals surface area (Å²) in [7, 11) is 0. The molecule has 0 bridgehead atoms. The second-order valence-corrected chi connectivity index (χ2v) is 5.39. The molecule has 3 nitrogen and oxygen atoms in total. The summed E-state index contributed by atoms with van der Waals surface area (Å²) in [5.74, 6) is 0.505. The number of nitrogen functional groups attached to an aromatic ring is 1. The van der Waals surface area contributed by atoms with Gasteiger partial charge in [0.15, 0.2) is 0 Å². The number of hydrogen-bond acceptors (Lipinski definition) is 2. The van der Waals surface area contributed by atoms with Crippen molar-refractivity contribution in [2.75, 3.05) is 5.73 Å². The number of hydrogen-bond donors (Lipinski definition) is 1. The minimum absolute atomic E-state index is 0.431. The molecular formula is C15H19N3. The number of fused-ring (bicyclic) bond motifs is 1. The Hall–Kier alpha value is -1.77. The summed E-state index contributed by atoms with van der Waals surface area (Å²) in [6.07, 6.45) is 6.21. The van der Waals surface area contributed by atoms with E-state index in [9.17, 15) is 0 Å². The molecule has 0 saturated heterocycles. The van der Waals surface area contributed by atoms with Gasteiger partial charge < -0.3 is 10.3 Å². The highest BCUT2D eigenvalue weighted by molar-refractivity contribution is 5.48. The highest BCUT2D eigenvalue weighted by Crippen LogP contribution is 2.36. The van der Waals surface area contributed by atoms with E-state index in [0.29, 0.717) is 12.0 Å². The standard InChI is InChI=1S/C15H19N3/c1-10(2)15-8-17-9-18(15)14-6-3-11-7-12(16)4-5-13(11)14/h4-5,7-10,14H,3,6,16H2,1-2H3. The van der Waals surface area contributed by atoms with Crippen LogP contribution in [0.3, 0.4) is 0 Å². The molecule has 1 aromatic carbocycles. The van der Waals surface area contributed by atoms with Crippen LogP contribution in [-0.2, 0) is 6.42 Å². The van der Waals surface area contributed by atoms with Crippen LogP contribution in [0.1, 0.15) is 49.0 Å². The minimum atomic E-state index is 0.431. The number of aryl methyl sites for hydroxylation is 1. The number of rotatable bonds is 2. The SMILES string of the molecule is CC(C)c1cncn1C1CCc2cc(N)ccc21. The smallest absolute Gasteiger partial charge is 0.0954 e. The maximum absolute atomic E-state index is 5.85. The van der Waals surface area contributed by atoms with Gasteiger partial charge >= 0.3 is 0 Å². The molecule has 0 aliphatic heterocycles. The molecule has 1 aliphatic carbocycles. The van der Waals surface area contributed by atoms with E-state index < -0.39 is 0 Å². The Balaban J connectivity index is 2.03. The molecule has 0 amide bonds. The predicted octanol–water partition coefficient (Wildman–Crippen LogP) is 3.12. The maximum atomic E-state index is 5.85. The van der Waals surface area contributed by atoms with Gasteiger partial charge in [0.2, 0.25) is 0 Å². The average Bonchev–Trinajstić information content (AvgIpc) is 2.92. The average molecular weight is 241 g/mol. The van der Waals surface area contributed by atoms with Gasteiger partial charge in [0.1, 0.15) is 0 Å². The first-order valence-electron chi connectivity index (χ1n) is 6.57. The van der Waals surface area contributed by atoms with Crippen LogP contribution >= 0.6 is 0 Å². The van der Waals surface area contributed by atoms with Gasteiger partial charge in [-0.1, -0.05) is 19.9 Å². The van der Waals surface area contributed by atoms with Gasteiger partial charge in [0, 0.05) is 17.6 Å². The van der Waals surface area contributed by atoms with Gasteiger partial charge in [-0.05, 0) is 42.0 Å². The second kappa shape index (κ2) is 4.16. The molecule has 0 saturated carbocycles. The van der Waals surface area contributed by atoms with Gasteiger partial charge in [0.25, 0.3) is 0 Å². The van der Waals surface area contributed by atoms with Crippen LogP contribution in [-0.4, -0.2) is 9.55 Å². The fourth-order valence-electron chi connectivity index (χ4n) is 2.93. The van der Waals surface area contributed by atoms with Crippen molar-refractivity contribution in [3.8, 4) is 0 Å². The number of benzene rings is 1. The first kappa shape index (κ1) is 11.3. The summed E-state index contributed by atoms with van der Waals surface area (Å²) in [6, 6.07) is 6.72. The third kappa shape index (κ3) is 1.70. The minimum Gasteiger partial charge on any atom is -0.399 e. The number of aromatic nitrogens is 2. The first-order valence-corrected chi connectivity index (χ1v) is 6.57. The van der Waals surface area contributed by atoms with E-state index in [0.717, 1.165) is 18.5 Å². The summed E-state index contributed by atoms with van der Waals surface area (Å²) in [5.41, 5.74) is 10.8. The zero-order chi connectivity index (χ0) is 12.7. The topological polar surface area (TPSA) is 43.8 Å². The second-order valence-electron chi connectivity index (χ2n) is 5.39. The van der Waals surface area contributed by atoms with Gasteiger partial charge in [-0.3, -0.25) is 0 Å². The zero-order valence-electron chi connectivity index (χ0n) is 10.9. The van der Waals surface area contributed by atoms with Crippen molar-refractivity contribution in [1.29, 1.82) is 0 Å². The summed E-state index contributed by atoms with van der Waals surface area (Å²) in [5, 5.41) is 0. The van der Waals surface area contributed by atoms with E-state index in [1.807, 2.05) is 18.6 Å². The van der Waals surface area contributed by atoms with Crippen molar-refractivity contribution in [3.05, 3.63) is 47.5 Å². The van der Waals surface area contributed by atoms with Crippen LogP contribution in [0.25, 0.3) is 0 Å². The fourth-order valence-corrected chi connectivity index (χ4v) is 2.93. The van der Waals surface area contributed by atoms with Gasteiger partial charge in [-0.2, -0.15) is 0 Å². The third-order valence-electron chi connectivity index (χ3n) is 3.84. The Labute approximate surface area is 108 Å². The largest absolute Gasteiger partial charge is 0.399 e. The van der Waals surface area contributed by atoms with Gasteiger partial charge in [-0.15, -0.1) is 0 Å². The van der Waals surface area contributed by atoms with Crippen LogP contribution in [0.2, 0.25) is 0 Å². The molecule has 0 radical (unpaired) electrons. The Morgan fingerprint density at radius 3 is 3.00 bits per heavy atom. The molecule has 0 spiro atoms. The van der Waals surface area contributed by atoms with E-state index >= 15 is 0 Å². The van der Waals surface area contributed by atoms with Crippen molar-refractivity contribution in [2.45, 2.75) is 38.6 Å². The van der Waals surface area contributed by atoms with Crippen LogP contribution in [0.15, 0.2) is 30.7 Å². The maximum Gasteiger partial charge on any atom is 0.0954 e. The fraction of sp³-hybridized carbons (Fsp3) is 0.400. The molecule has 1 atom stereocenters. The van der Waals surface area contributed by atoms with Crippen molar-refractivity contribution in [1.82, 2.24) is 9.55 Å². The molecule has 1 aliphatic rings. The van der Waals surface area contributed by atoms with Gasteiger partial charge in [-0.25, -0.2) is 4.98 Å². The number of imidazole rings is 1. The van der Waals surface area contributed by atoms with E-state index in [2.05, 4.69) is 35.5 Å². The summed E-state index contributed by atoms with van der Waals surface area (Å²) < 4.78 is 2.33. The van der Waals surface area contributed by atoms with E-state index in [1.54, 1.807) is 0 Å². The highest BCUT2D eigenvalue weighted by atomic mass is 15.1. The number of anilines is 1. The molecule has 18 heavy (non-hydrogen) atoms. The van der Waals surface area contributed by atoms with Crippen molar-refractivity contribution >= 4 is 5.69 Å². The lowest BCUT2D eigenvalue weighted by Crippen LogP contribution is -2.10. The molecule has 0 fully saturated rings. The molecule has 3 heteroatoms. The Bertz CT molecular complexity index is 569. The quantitative estimate of drug-likeness (QED) is 0.821. The van der Waals surface area contributed by atoms with Crippen LogP contribution in [0.5, 0.6) is 0 Å². The van der Waals surface area contributed by atoms with E-state index in [-0.39, 0.29) is 0 Å². The monoisotopic (exact) mass is 241 g/mol. The number of nitrogens with two attached hydrogens (primary N) is 1. The highest BCUT2D eigenvalue weighted by Gasteiger charge is 2.25. The normalized spacial score (nSPS) is 18.3. The zero-order valence-corrected chi connectivity index (χ0v) is 10.9. The molecule has 3 rings (SSSR count). The van der Waals surface area contributed by atoms with Crippen LogP contribution < -0.4 is 5.73 Å². The predicted molar refractivity (Wildman–Crippen MR) is 73.6 cm³/mol. The summed E-state index contributed by atoms with van der Waals surface area (Å²) in [4.78, 5) is 4.32. The van der Waals surface area contributed by atoms with E-state index in [4.69, 9.17) is 5.73 Å². The van der Waals surface area contributed by atoms with Crippen molar-refractivity contribution in [3.63, 3.8) is 0 Å². The first-order chi connectivity index (χ1) is 8.66. The van der Waals surface area contributed by atoms with E-state index in [1.165, 1.54) is 16.8 Å². The van der Waals surface area contributed by atoms with Gasteiger partial charge in [0.05, 0.1) is 12.4 Å².